The molecule has 6 heteroatoms. The molecule has 0 saturated heterocycles. The van der Waals surface area contributed by atoms with Crippen molar-refractivity contribution in [3.63, 3.8) is 0 Å². The minimum absolute atomic E-state index is 0.403. The predicted octanol–water partition coefficient (Wildman–Crippen LogP) is 1.91. The molecule has 0 aliphatic heterocycles. The predicted molar refractivity (Wildman–Crippen MR) is 55.8 cm³/mol. The molecule has 0 aromatic heterocycles. The Kier molecular flexibility index (Phi) is 5.78. The second-order valence-electron chi connectivity index (χ2n) is 4.07. The minimum Gasteiger partial charge on any atom is -0.330 e. The first-order valence-corrected chi connectivity index (χ1v) is 5.31. The fourth-order valence-corrected chi connectivity index (χ4v) is 1.36. The highest BCUT2D eigenvalue weighted by Crippen LogP contribution is 2.19. The number of alkyl halides is 3. The van der Waals surface area contributed by atoms with Gasteiger partial charge in [0.05, 0.1) is 6.04 Å². The van der Waals surface area contributed by atoms with Crippen molar-refractivity contribution >= 4 is 5.91 Å². The van der Waals surface area contributed by atoms with Gasteiger partial charge in [0.2, 0.25) is 5.91 Å². The van der Waals surface area contributed by atoms with Crippen molar-refractivity contribution in [3.8, 4) is 0 Å². The first kappa shape index (κ1) is 15.2. The molecule has 0 unspecified atom stereocenters. The number of carbonyl (C=O) groups excluding carboxylic acids is 1. The summed E-state index contributed by atoms with van der Waals surface area (Å²) in [7, 11) is 0. The molecular weight excluding hydrogens is 221 g/mol. The first-order valence-electron chi connectivity index (χ1n) is 5.31. The fraction of sp³-hybridized carbons (Fsp3) is 0.900. The zero-order chi connectivity index (χ0) is 12.9. The van der Waals surface area contributed by atoms with Crippen LogP contribution in [0, 0.1) is 0 Å². The maximum absolute atomic E-state index is 12.2. The molecule has 0 radical (unpaired) electrons. The summed E-state index contributed by atoms with van der Waals surface area (Å²) in [6, 6.07) is -1.34. The lowest BCUT2D eigenvalue weighted by molar-refractivity contribution is -0.165. The molecule has 1 amide bonds. The second-order valence-corrected chi connectivity index (χ2v) is 4.07. The molecule has 0 rings (SSSR count). The molecule has 0 aliphatic carbocycles. The third-order valence-electron chi connectivity index (χ3n) is 2.17. The molecule has 0 bridgehead atoms. The van der Waals surface area contributed by atoms with Crippen molar-refractivity contribution < 1.29 is 18.0 Å². The van der Waals surface area contributed by atoms with E-state index in [1.165, 1.54) is 0 Å². The number of amides is 1. The van der Waals surface area contributed by atoms with Gasteiger partial charge in [-0.05, 0) is 20.3 Å². The third kappa shape index (κ3) is 5.34. The Morgan fingerprint density at radius 3 is 2.19 bits per heavy atom. The van der Waals surface area contributed by atoms with Gasteiger partial charge in [0, 0.05) is 6.04 Å². The standard InChI is InChI=1S/C10H19F3N2O/c1-4-5-8(14)9(16)15(7(2)3)6-10(11,12)13/h7-8H,4-6,14H2,1-3H3/t8-/m1/s1. The first-order chi connectivity index (χ1) is 7.19. The molecule has 0 fully saturated rings. The molecule has 0 heterocycles. The number of hydrogen-bond acceptors (Lipinski definition) is 2. The van der Waals surface area contributed by atoms with E-state index < -0.39 is 30.7 Å². The lowest BCUT2D eigenvalue weighted by atomic mass is 10.1. The van der Waals surface area contributed by atoms with Crippen molar-refractivity contribution in [2.24, 2.45) is 5.73 Å². The highest BCUT2D eigenvalue weighted by molar-refractivity contribution is 5.81. The van der Waals surface area contributed by atoms with Crippen LogP contribution in [-0.2, 0) is 4.79 Å². The topological polar surface area (TPSA) is 46.3 Å². The van der Waals surface area contributed by atoms with Gasteiger partial charge in [-0.15, -0.1) is 0 Å². The normalized spacial score (nSPS) is 14.0. The summed E-state index contributed by atoms with van der Waals surface area (Å²) >= 11 is 0. The number of nitrogens with two attached hydrogens (primary N) is 1. The van der Waals surface area contributed by atoms with Gasteiger partial charge in [0.25, 0.3) is 0 Å². The van der Waals surface area contributed by atoms with E-state index in [0.29, 0.717) is 12.8 Å². The van der Waals surface area contributed by atoms with Gasteiger partial charge >= 0.3 is 6.18 Å². The van der Waals surface area contributed by atoms with Gasteiger partial charge in [-0.25, -0.2) is 0 Å². The number of halogens is 3. The van der Waals surface area contributed by atoms with Crippen LogP contribution >= 0.6 is 0 Å². The van der Waals surface area contributed by atoms with Crippen molar-refractivity contribution in [2.75, 3.05) is 6.54 Å². The third-order valence-corrected chi connectivity index (χ3v) is 2.17. The monoisotopic (exact) mass is 240 g/mol. The quantitative estimate of drug-likeness (QED) is 0.798. The molecule has 1 atom stereocenters. The van der Waals surface area contributed by atoms with Crippen molar-refractivity contribution in [1.82, 2.24) is 4.90 Å². The zero-order valence-corrected chi connectivity index (χ0v) is 9.84. The van der Waals surface area contributed by atoms with Crippen LogP contribution in [0.4, 0.5) is 13.2 Å². The van der Waals surface area contributed by atoms with E-state index in [9.17, 15) is 18.0 Å². The highest BCUT2D eigenvalue weighted by Gasteiger charge is 2.35. The largest absolute Gasteiger partial charge is 0.406 e. The Hall–Kier alpha value is -0.780. The molecular formula is C10H19F3N2O. The molecule has 16 heavy (non-hydrogen) atoms. The highest BCUT2D eigenvalue weighted by atomic mass is 19.4. The maximum atomic E-state index is 12.2. The van der Waals surface area contributed by atoms with E-state index in [4.69, 9.17) is 5.73 Å². The number of nitrogens with zero attached hydrogens (tertiary/aromatic N) is 1. The Balaban J connectivity index is 4.60. The minimum atomic E-state index is -4.38. The molecule has 0 aromatic rings. The summed E-state index contributed by atoms with van der Waals surface area (Å²) in [6.45, 7) is 3.68. The number of rotatable bonds is 5. The molecule has 0 saturated carbocycles. The summed E-state index contributed by atoms with van der Waals surface area (Å²) in [5.74, 6) is -0.630. The van der Waals surface area contributed by atoms with Gasteiger partial charge in [0.1, 0.15) is 6.54 Å². The van der Waals surface area contributed by atoms with Crippen LogP contribution in [0.1, 0.15) is 33.6 Å². The van der Waals surface area contributed by atoms with Gasteiger partial charge in [-0.1, -0.05) is 13.3 Å². The SMILES string of the molecule is CCC[C@@H](N)C(=O)N(CC(F)(F)F)C(C)C. The van der Waals surface area contributed by atoms with Crippen LogP contribution in [-0.4, -0.2) is 35.6 Å². The molecule has 0 aliphatic rings. The van der Waals surface area contributed by atoms with E-state index >= 15 is 0 Å². The average molecular weight is 240 g/mol. The molecule has 2 N–H and O–H groups in total. The Morgan fingerprint density at radius 1 is 1.38 bits per heavy atom. The van der Waals surface area contributed by atoms with Crippen molar-refractivity contribution in [2.45, 2.75) is 51.9 Å². The van der Waals surface area contributed by atoms with Crippen LogP contribution in [0.3, 0.4) is 0 Å². The number of hydrogen-bond donors (Lipinski definition) is 1. The van der Waals surface area contributed by atoms with Gasteiger partial charge in [0.15, 0.2) is 0 Å². The molecule has 0 aromatic carbocycles. The van der Waals surface area contributed by atoms with Crippen LogP contribution in [0.5, 0.6) is 0 Å². The Morgan fingerprint density at radius 2 is 1.88 bits per heavy atom. The zero-order valence-electron chi connectivity index (χ0n) is 9.84. The van der Waals surface area contributed by atoms with Crippen LogP contribution in [0.25, 0.3) is 0 Å². The smallest absolute Gasteiger partial charge is 0.330 e. The summed E-state index contributed by atoms with van der Waals surface area (Å²) in [6.07, 6.45) is -3.31. The van der Waals surface area contributed by atoms with E-state index in [2.05, 4.69) is 0 Å². The van der Waals surface area contributed by atoms with Crippen molar-refractivity contribution in [3.05, 3.63) is 0 Å². The molecule has 96 valence electrons. The molecule has 3 nitrogen and oxygen atoms in total. The van der Waals surface area contributed by atoms with E-state index in [0.717, 1.165) is 4.90 Å². The van der Waals surface area contributed by atoms with E-state index in [1.807, 2.05) is 6.92 Å². The molecule has 0 spiro atoms. The average Bonchev–Trinajstić information content (AvgIpc) is 2.11. The van der Waals surface area contributed by atoms with E-state index in [1.54, 1.807) is 13.8 Å². The summed E-state index contributed by atoms with van der Waals surface area (Å²) < 4.78 is 36.7. The summed E-state index contributed by atoms with van der Waals surface area (Å²) in [4.78, 5) is 12.4. The summed E-state index contributed by atoms with van der Waals surface area (Å²) in [5, 5.41) is 0. The maximum Gasteiger partial charge on any atom is 0.406 e. The lowest BCUT2D eigenvalue weighted by Gasteiger charge is -2.30. The van der Waals surface area contributed by atoms with Crippen LogP contribution in [0.15, 0.2) is 0 Å². The summed E-state index contributed by atoms with van der Waals surface area (Å²) in [5.41, 5.74) is 5.53. The number of carbonyl (C=O) groups is 1. The van der Waals surface area contributed by atoms with Crippen molar-refractivity contribution in [1.29, 1.82) is 0 Å². The van der Waals surface area contributed by atoms with Gasteiger partial charge in [-0.3, -0.25) is 4.79 Å². The van der Waals surface area contributed by atoms with E-state index in [-0.39, 0.29) is 0 Å². The Bertz CT molecular complexity index is 229. The lowest BCUT2D eigenvalue weighted by Crippen LogP contribution is -2.50. The van der Waals surface area contributed by atoms with Crippen LogP contribution in [0.2, 0.25) is 0 Å². The fourth-order valence-electron chi connectivity index (χ4n) is 1.36. The van der Waals surface area contributed by atoms with Gasteiger partial charge < -0.3 is 10.6 Å². The second kappa shape index (κ2) is 6.08. The van der Waals surface area contributed by atoms with Gasteiger partial charge in [-0.2, -0.15) is 13.2 Å². The van der Waals surface area contributed by atoms with Crippen LogP contribution < -0.4 is 5.73 Å². The Labute approximate surface area is 93.8 Å².